The van der Waals surface area contributed by atoms with Crippen LogP contribution in [0.25, 0.3) is 0 Å². The van der Waals surface area contributed by atoms with Gasteiger partial charge in [0.05, 0.1) is 12.6 Å². The molecule has 2 N–H and O–H groups in total. The average molecular weight is 212 g/mol. The average Bonchev–Trinajstić information content (AvgIpc) is 2.96. The van der Waals surface area contributed by atoms with Gasteiger partial charge >= 0.3 is 0 Å². The molecule has 0 aromatic heterocycles. The molecule has 0 atom stereocenters. The number of nitrogens with one attached hydrogen (secondary N) is 2. The molecule has 0 bridgehead atoms. The van der Waals surface area contributed by atoms with E-state index in [-0.39, 0.29) is 5.91 Å². The van der Waals surface area contributed by atoms with Gasteiger partial charge in [-0.05, 0) is 31.6 Å². The molecule has 0 spiro atoms. The lowest BCUT2D eigenvalue weighted by Gasteiger charge is -2.34. The SMILES string of the molecule is COC1CC(NCC(=O)NCC2CC2)C1. The number of rotatable bonds is 6. The monoisotopic (exact) mass is 212 g/mol. The molecule has 1 amide bonds. The van der Waals surface area contributed by atoms with Gasteiger partial charge in [-0.15, -0.1) is 0 Å². The zero-order valence-corrected chi connectivity index (χ0v) is 9.29. The lowest BCUT2D eigenvalue weighted by atomic mass is 9.89. The number of ether oxygens (including phenoxy) is 1. The van der Waals surface area contributed by atoms with Gasteiger partial charge in [-0.3, -0.25) is 4.79 Å². The molecule has 2 aliphatic rings. The summed E-state index contributed by atoms with van der Waals surface area (Å²) >= 11 is 0. The van der Waals surface area contributed by atoms with E-state index in [0.717, 1.165) is 25.3 Å². The molecule has 0 heterocycles. The lowest BCUT2D eigenvalue weighted by Crippen LogP contribution is -2.48. The van der Waals surface area contributed by atoms with Gasteiger partial charge in [0.15, 0.2) is 0 Å². The molecule has 0 aliphatic heterocycles. The molecular formula is C11H20N2O2. The van der Waals surface area contributed by atoms with Crippen LogP contribution in [0.5, 0.6) is 0 Å². The van der Waals surface area contributed by atoms with Crippen LogP contribution in [0.15, 0.2) is 0 Å². The maximum atomic E-state index is 11.4. The van der Waals surface area contributed by atoms with Crippen molar-refractivity contribution in [2.75, 3.05) is 20.2 Å². The van der Waals surface area contributed by atoms with Crippen LogP contribution in [0.4, 0.5) is 0 Å². The molecule has 0 unspecified atom stereocenters. The third-order valence-electron chi connectivity index (χ3n) is 3.26. The number of carbonyl (C=O) groups excluding carboxylic acids is 1. The van der Waals surface area contributed by atoms with Crippen molar-refractivity contribution in [2.24, 2.45) is 5.92 Å². The fourth-order valence-corrected chi connectivity index (χ4v) is 1.80. The smallest absolute Gasteiger partial charge is 0.233 e. The van der Waals surface area contributed by atoms with Crippen molar-refractivity contribution in [1.29, 1.82) is 0 Å². The highest BCUT2D eigenvalue weighted by Crippen LogP contribution is 2.27. The Balaban J connectivity index is 1.48. The minimum Gasteiger partial charge on any atom is -0.381 e. The van der Waals surface area contributed by atoms with Gasteiger partial charge in [-0.2, -0.15) is 0 Å². The third-order valence-corrected chi connectivity index (χ3v) is 3.26. The molecule has 2 aliphatic carbocycles. The van der Waals surface area contributed by atoms with Gasteiger partial charge in [0, 0.05) is 19.7 Å². The standard InChI is InChI=1S/C11H20N2O2/c1-15-10-4-9(5-10)12-7-11(14)13-6-8-2-3-8/h8-10,12H,2-7H2,1H3,(H,13,14). The second-order valence-corrected chi connectivity index (χ2v) is 4.65. The predicted octanol–water partition coefficient (Wildman–Crippen LogP) is 0.280. The quantitative estimate of drug-likeness (QED) is 0.665. The summed E-state index contributed by atoms with van der Waals surface area (Å²) in [5.74, 6) is 0.887. The van der Waals surface area contributed by atoms with E-state index >= 15 is 0 Å². The van der Waals surface area contributed by atoms with Crippen molar-refractivity contribution in [3.63, 3.8) is 0 Å². The van der Waals surface area contributed by atoms with E-state index in [2.05, 4.69) is 10.6 Å². The molecule has 2 fully saturated rings. The van der Waals surface area contributed by atoms with E-state index in [4.69, 9.17) is 4.74 Å². The fourth-order valence-electron chi connectivity index (χ4n) is 1.80. The zero-order valence-electron chi connectivity index (χ0n) is 9.29. The highest BCUT2D eigenvalue weighted by Gasteiger charge is 2.28. The Morgan fingerprint density at radius 2 is 2.13 bits per heavy atom. The zero-order chi connectivity index (χ0) is 10.7. The van der Waals surface area contributed by atoms with Gasteiger partial charge in [-0.25, -0.2) is 0 Å². The first-order valence-electron chi connectivity index (χ1n) is 5.81. The number of amides is 1. The second kappa shape index (κ2) is 4.94. The normalized spacial score (nSPS) is 29.7. The van der Waals surface area contributed by atoms with Crippen LogP contribution in [0, 0.1) is 5.92 Å². The van der Waals surface area contributed by atoms with Crippen molar-refractivity contribution in [3.05, 3.63) is 0 Å². The Labute approximate surface area is 90.8 Å². The van der Waals surface area contributed by atoms with Crippen molar-refractivity contribution in [2.45, 2.75) is 37.8 Å². The molecule has 86 valence electrons. The largest absolute Gasteiger partial charge is 0.381 e. The van der Waals surface area contributed by atoms with E-state index in [1.54, 1.807) is 7.11 Å². The fraction of sp³-hybridized carbons (Fsp3) is 0.909. The van der Waals surface area contributed by atoms with Crippen LogP contribution in [0.1, 0.15) is 25.7 Å². The van der Waals surface area contributed by atoms with Gasteiger partial charge in [0.25, 0.3) is 0 Å². The summed E-state index contributed by atoms with van der Waals surface area (Å²) in [6.45, 7) is 1.32. The molecule has 15 heavy (non-hydrogen) atoms. The van der Waals surface area contributed by atoms with E-state index in [0.29, 0.717) is 18.7 Å². The summed E-state index contributed by atoms with van der Waals surface area (Å²) in [7, 11) is 1.74. The molecule has 0 radical (unpaired) electrons. The summed E-state index contributed by atoms with van der Waals surface area (Å²) in [6, 6.07) is 0.474. The molecule has 4 heteroatoms. The Bertz CT molecular complexity index is 223. The number of hydrogen-bond acceptors (Lipinski definition) is 3. The minimum atomic E-state index is 0.128. The summed E-state index contributed by atoms with van der Waals surface area (Å²) in [5.41, 5.74) is 0. The topological polar surface area (TPSA) is 50.4 Å². The number of hydrogen-bond donors (Lipinski definition) is 2. The van der Waals surface area contributed by atoms with Crippen LogP contribution in [-0.4, -0.2) is 38.3 Å². The first-order valence-corrected chi connectivity index (χ1v) is 5.81. The van der Waals surface area contributed by atoms with Crippen molar-refractivity contribution in [1.82, 2.24) is 10.6 Å². The van der Waals surface area contributed by atoms with Crippen LogP contribution in [-0.2, 0) is 9.53 Å². The van der Waals surface area contributed by atoms with E-state index in [1.807, 2.05) is 0 Å². The van der Waals surface area contributed by atoms with Gasteiger partial charge in [0.2, 0.25) is 5.91 Å². The van der Waals surface area contributed by atoms with Crippen molar-refractivity contribution in [3.8, 4) is 0 Å². The van der Waals surface area contributed by atoms with Crippen LogP contribution in [0.3, 0.4) is 0 Å². The van der Waals surface area contributed by atoms with Crippen molar-refractivity contribution < 1.29 is 9.53 Å². The summed E-state index contributed by atoms with van der Waals surface area (Å²) in [4.78, 5) is 11.4. The first-order chi connectivity index (χ1) is 7.28. The Morgan fingerprint density at radius 1 is 1.40 bits per heavy atom. The second-order valence-electron chi connectivity index (χ2n) is 4.65. The maximum absolute atomic E-state index is 11.4. The first kappa shape index (κ1) is 10.9. The maximum Gasteiger partial charge on any atom is 0.233 e. The predicted molar refractivity (Wildman–Crippen MR) is 57.6 cm³/mol. The van der Waals surface area contributed by atoms with Crippen LogP contribution in [0.2, 0.25) is 0 Å². The van der Waals surface area contributed by atoms with E-state index < -0.39 is 0 Å². The third kappa shape index (κ3) is 3.47. The molecule has 2 rings (SSSR count). The highest BCUT2D eigenvalue weighted by molar-refractivity contribution is 5.78. The van der Waals surface area contributed by atoms with Crippen LogP contribution >= 0.6 is 0 Å². The molecule has 0 aromatic rings. The molecule has 4 nitrogen and oxygen atoms in total. The van der Waals surface area contributed by atoms with Gasteiger partial charge < -0.3 is 15.4 Å². The van der Waals surface area contributed by atoms with Gasteiger partial charge in [0.1, 0.15) is 0 Å². The van der Waals surface area contributed by atoms with E-state index in [9.17, 15) is 4.79 Å². The van der Waals surface area contributed by atoms with Crippen molar-refractivity contribution >= 4 is 5.91 Å². The molecule has 0 saturated heterocycles. The van der Waals surface area contributed by atoms with E-state index in [1.165, 1.54) is 12.8 Å². The molecule has 2 saturated carbocycles. The summed E-state index contributed by atoms with van der Waals surface area (Å²) < 4.78 is 5.17. The summed E-state index contributed by atoms with van der Waals surface area (Å²) in [5, 5.41) is 6.18. The molecule has 0 aromatic carbocycles. The number of methoxy groups -OCH3 is 1. The van der Waals surface area contributed by atoms with Gasteiger partial charge in [-0.1, -0.05) is 0 Å². The number of carbonyl (C=O) groups is 1. The van der Waals surface area contributed by atoms with Crippen LogP contribution < -0.4 is 10.6 Å². The lowest BCUT2D eigenvalue weighted by molar-refractivity contribution is -0.120. The Morgan fingerprint density at radius 3 is 2.73 bits per heavy atom. The molecular weight excluding hydrogens is 192 g/mol. The Hall–Kier alpha value is -0.610. The minimum absolute atomic E-state index is 0.128. The highest BCUT2D eigenvalue weighted by atomic mass is 16.5. The summed E-state index contributed by atoms with van der Waals surface area (Å²) in [6.07, 6.45) is 5.04. The Kier molecular flexibility index (Phi) is 3.59.